The fraction of sp³-hybridized carbons (Fsp3) is 0.273. The topological polar surface area (TPSA) is 95.8 Å². The van der Waals surface area contributed by atoms with Crippen LogP contribution in [-0.4, -0.2) is 26.3 Å². The van der Waals surface area contributed by atoms with Crippen LogP contribution in [-0.2, 0) is 6.42 Å². The van der Waals surface area contributed by atoms with Crippen molar-refractivity contribution < 1.29 is 9.63 Å². The predicted molar refractivity (Wildman–Crippen MR) is 57.5 cm³/mol. The summed E-state index contributed by atoms with van der Waals surface area (Å²) in [5, 5.41) is 21.6. The van der Waals surface area contributed by atoms with Crippen molar-refractivity contribution >= 4 is 0 Å². The molecule has 86 valence electrons. The Kier molecular flexibility index (Phi) is 3.43. The van der Waals surface area contributed by atoms with E-state index in [4.69, 9.17) is 9.78 Å². The second-order valence-corrected chi connectivity index (χ2v) is 3.47. The Balaban J connectivity index is 2.09. The number of hydrogen-bond donors (Lipinski definition) is 1. The molecule has 1 unspecified atom stereocenters. The number of aliphatic hydroxyl groups excluding tert-OH is 1. The summed E-state index contributed by atoms with van der Waals surface area (Å²) in [7, 11) is 0. The Morgan fingerprint density at radius 2 is 2.41 bits per heavy atom. The Labute approximate surface area is 97.5 Å². The number of nitriles is 1. The van der Waals surface area contributed by atoms with Gasteiger partial charge in [-0.25, -0.2) is 0 Å². The van der Waals surface area contributed by atoms with Crippen LogP contribution in [0.3, 0.4) is 0 Å². The van der Waals surface area contributed by atoms with E-state index in [0.29, 0.717) is 11.7 Å². The smallest absolute Gasteiger partial charge is 0.229 e. The van der Waals surface area contributed by atoms with E-state index in [0.717, 1.165) is 5.56 Å². The molecule has 0 spiro atoms. The molecule has 0 amide bonds. The van der Waals surface area contributed by atoms with Crippen molar-refractivity contribution in [2.75, 3.05) is 0 Å². The monoisotopic (exact) mass is 230 g/mol. The summed E-state index contributed by atoms with van der Waals surface area (Å²) in [6.45, 7) is 0. The minimum absolute atomic E-state index is 0.0462. The number of rotatable bonds is 4. The summed E-state index contributed by atoms with van der Waals surface area (Å²) >= 11 is 0. The lowest BCUT2D eigenvalue weighted by molar-refractivity contribution is 0.167. The fourth-order valence-electron chi connectivity index (χ4n) is 1.33. The Morgan fingerprint density at radius 3 is 3.12 bits per heavy atom. The molecule has 17 heavy (non-hydrogen) atoms. The van der Waals surface area contributed by atoms with Gasteiger partial charge in [0.15, 0.2) is 0 Å². The lowest BCUT2D eigenvalue weighted by atomic mass is 10.2. The number of aliphatic hydroxyl groups is 1. The third-order valence-corrected chi connectivity index (χ3v) is 2.12. The largest absolute Gasteiger partial charge is 0.392 e. The Morgan fingerprint density at radius 1 is 1.53 bits per heavy atom. The zero-order valence-electron chi connectivity index (χ0n) is 8.95. The van der Waals surface area contributed by atoms with Crippen LogP contribution >= 0.6 is 0 Å². The van der Waals surface area contributed by atoms with E-state index in [9.17, 15) is 5.11 Å². The summed E-state index contributed by atoms with van der Waals surface area (Å²) < 4.78 is 4.98. The molecule has 1 N–H and O–H groups in total. The van der Waals surface area contributed by atoms with Crippen LogP contribution in [0, 0.1) is 11.3 Å². The lowest BCUT2D eigenvalue weighted by Gasteiger charge is -1.99. The van der Waals surface area contributed by atoms with E-state index in [1.165, 1.54) is 0 Å². The SMILES string of the molecule is N#CCC(O)Cc1nc(-c2cccnc2)no1. The van der Waals surface area contributed by atoms with Crippen molar-refractivity contribution in [2.45, 2.75) is 18.9 Å². The number of nitrogens with zero attached hydrogens (tertiary/aromatic N) is 4. The Bertz CT molecular complexity index is 518. The van der Waals surface area contributed by atoms with Gasteiger partial charge in [0, 0.05) is 18.0 Å². The molecule has 0 fully saturated rings. The molecule has 0 bridgehead atoms. The zero-order valence-corrected chi connectivity index (χ0v) is 8.95. The number of pyridine rings is 1. The third kappa shape index (κ3) is 2.86. The summed E-state index contributed by atoms with van der Waals surface area (Å²) in [5.41, 5.74) is 0.747. The highest BCUT2D eigenvalue weighted by Gasteiger charge is 2.12. The van der Waals surface area contributed by atoms with E-state index in [1.54, 1.807) is 18.5 Å². The minimum atomic E-state index is -0.776. The molecule has 0 saturated carbocycles. The van der Waals surface area contributed by atoms with Crippen molar-refractivity contribution in [1.29, 1.82) is 5.26 Å². The van der Waals surface area contributed by atoms with E-state index in [2.05, 4.69) is 15.1 Å². The van der Waals surface area contributed by atoms with Gasteiger partial charge >= 0.3 is 0 Å². The molecule has 2 aromatic heterocycles. The van der Waals surface area contributed by atoms with Gasteiger partial charge in [-0.3, -0.25) is 4.98 Å². The molecule has 1 atom stereocenters. The van der Waals surface area contributed by atoms with E-state index < -0.39 is 6.10 Å². The highest BCUT2D eigenvalue weighted by atomic mass is 16.5. The third-order valence-electron chi connectivity index (χ3n) is 2.12. The maximum Gasteiger partial charge on any atom is 0.229 e. The lowest BCUT2D eigenvalue weighted by Crippen LogP contribution is -2.09. The van der Waals surface area contributed by atoms with Gasteiger partial charge in [-0.15, -0.1) is 0 Å². The average molecular weight is 230 g/mol. The van der Waals surface area contributed by atoms with Crippen molar-refractivity contribution in [3.8, 4) is 17.5 Å². The van der Waals surface area contributed by atoms with Crippen LogP contribution in [0.25, 0.3) is 11.4 Å². The number of hydrogen-bond acceptors (Lipinski definition) is 6. The standard InChI is InChI=1S/C11H10N4O2/c12-4-3-9(16)6-10-14-11(15-17-10)8-2-1-5-13-7-8/h1-2,5,7,9,16H,3,6H2. The molecule has 2 aromatic rings. The van der Waals surface area contributed by atoms with Crippen LogP contribution < -0.4 is 0 Å². The summed E-state index contributed by atoms with van der Waals surface area (Å²) in [4.78, 5) is 8.06. The maximum atomic E-state index is 9.42. The van der Waals surface area contributed by atoms with Gasteiger partial charge in [0.05, 0.1) is 25.0 Å². The molecule has 2 heterocycles. The molecular weight excluding hydrogens is 220 g/mol. The second-order valence-electron chi connectivity index (χ2n) is 3.47. The summed E-state index contributed by atoms with van der Waals surface area (Å²) in [5.74, 6) is 0.740. The van der Waals surface area contributed by atoms with Gasteiger partial charge in [-0.2, -0.15) is 10.2 Å². The van der Waals surface area contributed by atoms with Crippen molar-refractivity contribution in [3.05, 3.63) is 30.4 Å². The Hall–Kier alpha value is -2.26. The molecule has 6 nitrogen and oxygen atoms in total. The quantitative estimate of drug-likeness (QED) is 0.839. The van der Waals surface area contributed by atoms with Gasteiger partial charge in [0.1, 0.15) is 0 Å². The van der Waals surface area contributed by atoms with Gasteiger partial charge in [0.2, 0.25) is 11.7 Å². The predicted octanol–water partition coefficient (Wildman–Crippen LogP) is 0.949. The minimum Gasteiger partial charge on any atom is -0.392 e. The van der Waals surface area contributed by atoms with Crippen LogP contribution in [0.4, 0.5) is 0 Å². The first kappa shape index (κ1) is 11.2. The highest BCUT2D eigenvalue weighted by Crippen LogP contribution is 2.14. The first-order chi connectivity index (χ1) is 8.29. The van der Waals surface area contributed by atoms with Crippen molar-refractivity contribution in [2.24, 2.45) is 0 Å². The van der Waals surface area contributed by atoms with Crippen molar-refractivity contribution in [3.63, 3.8) is 0 Å². The first-order valence-electron chi connectivity index (χ1n) is 5.07. The van der Waals surface area contributed by atoms with Crippen LogP contribution in [0.5, 0.6) is 0 Å². The van der Waals surface area contributed by atoms with Crippen LogP contribution in [0.2, 0.25) is 0 Å². The van der Waals surface area contributed by atoms with Gasteiger partial charge in [0.25, 0.3) is 0 Å². The molecule has 0 aliphatic rings. The molecule has 0 aliphatic heterocycles. The highest BCUT2D eigenvalue weighted by molar-refractivity contribution is 5.51. The molecule has 0 aromatic carbocycles. The fourth-order valence-corrected chi connectivity index (χ4v) is 1.33. The maximum absolute atomic E-state index is 9.42. The average Bonchev–Trinajstić information content (AvgIpc) is 2.79. The van der Waals surface area contributed by atoms with Crippen molar-refractivity contribution in [1.82, 2.24) is 15.1 Å². The second kappa shape index (κ2) is 5.18. The molecule has 0 aliphatic carbocycles. The zero-order chi connectivity index (χ0) is 12.1. The van der Waals surface area contributed by atoms with Gasteiger partial charge in [-0.05, 0) is 12.1 Å². The molecule has 0 radical (unpaired) electrons. The van der Waals surface area contributed by atoms with Crippen LogP contribution in [0.1, 0.15) is 12.3 Å². The van der Waals surface area contributed by atoms with E-state index in [-0.39, 0.29) is 12.8 Å². The number of aromatic nitrogens is 3. The van der Waals surface area contributed by atoms with Gasteiger partial charge in [-0.1, -0.05) is 5.16 Å². The summed E-state index contributed by atoms with van der Waals surface area (Å²) in [6.07, 6.45) is 2.73. The van der Waals surface area contributed by atoms with E-state index in [1.807, 2.05) is 12.1 Å². The molecule has 0 saturated heterocycles. The summed E-state index contributed by atoms with van der Waals surface area (Å²) in [6, 6.07) is 5.46. The van der Waals surface area contributed by atoms with Gasteiger partial charge < -0.3 is 9.63 Å². The van der Waals surface area contributed by atoms with Crippen LogP contribution in [0.15, 0.2) is 29.0 Å². The molecule has 2 rings (SSSR count). The normalized spacial score (nSPS) is 12.0. The van der Waals surface area contributed by atoms with E-state index >= 15 is 0 Å². The molecular formula is C11H10N4O2. The molecule has 6 heteroatoms. The first-order valence-corrected chi connectivity index (χ1v) is 5.07.